The van der Waals surface area contributed by atoms with Crippen molar-refractivity contribution in [2.75, 3.05) is 0 Å². The van der Waals surface area contributed by atoms with Crippen LogP contribution in [0.25, 0.3) is 0 Å². The molecule has 0 bridgehead atoms. The molecule has 0 rings (SSSR count). The second kappa shape index (κ2) is 3.35. The van der Waals surface area contributed by atoms with Crippen LogP contribution >= 0.6 is 0 Å². The number of terminal acetylenes is 1. The predicted molar refractivity (Wildman–Crippen MR) is 20.5 cm³/mol. The van der Waals surface area contributed by atoms with E-state index in [9.17, 15) is 0 Å². The molecule has 0 aromatic heterocycles. The molecule has 0 nitrogen and oxygen atoms in total. The topological polar surface area (TPSA) is 0 Å². The first-order valence-corrected chi connectivity index (χ1v) is 4.40. The van der Waals surface area contributed by atoms with Gasteiger partial charge in [-0.3, -0.25) is 0 Å². The maximum atomic E-state index is 4.84. The zero-order chi connectivity index (χ0) is 3.41. The fourth-order valence-electron chi connectivity index (χ4n) is 0. The molecule has 22 valence electrons. The van der Waals surface area contributed by atoms with Crippen LogP contribution in [-0.2, 0) is 0 Å². The molecular formula is C3H4Te. The summed E-state index contributed by atoms with van der Waals surface area (Å²) in [4.78, 5) is 2.07. The van der Waals surface area contributed by atoms with Crippen molar-refractivity contribution < 1.29 is 0 Å². The Morgan fingerprint density at radius 1 is 2.00 bits per heavy atom. The van der Waals surface area contributed by atoms with Crippen molar-refractivity contribution >= 4 is 20.9 Å². The normalized spacial score (nSPS) is 5.00. The zero-order valence-corrected chi connectivity index (χ0v) is 4.82. The molecule has 0 N–H and O–H groups in total. The summed E-state index contributed by atoms with van der Waals surface area (Å²) in [5, 5.41) is 0. The van der Waals surface area contributed by atoms with Gasteiger partial charge < -0.3 is 0 Å². The van der Waals surface area contributed by atoms with Gasteiger partial charge >= 0.3 is 36.3 Å². The van der Waals surface area contributed by atoms with Crippen LogP contribution in [0.1, 0.15) is 0 Å². The first-order valence-electron chi connectivity index (χ1n) is 0.901. The molecule has 1 heteroatoms. The Morgan fingerprint density at radius 2 is 2.25 bits per heavy atom. The summed E-state index contributed by atoms with van der Waals surface area (Å²) in [6.45, 7) is 0. The van der Waals surface area contributed by atoms with Crippen molar-refractivity contribution in [2.24, 2.45) is 0 Å². The molecule has 0 unspecified atom stereocenters. The molecule has 0 saturated heterocycles. The molecular weight excluding hydrogens is 164 g/mol. The first-order chi connectivity index (χ1) is 1.91. The van der Waals surface area contributed by atoms with E-state index >= 15 is 0 Å². The first kappa shape index (κ1) is 4.35. The van der Waals surface area contributed by atoms with E-state index in [0.29, 0.717) is 0 Å². The molecule has 0 aromatic carbocycles. The van der Waals surface area contributed by atoms with E-state index in [2.05, 4.69) is 8.94 Å². The van der Waals surface area contributed by atoms with E-state index in [4.69, 9.17) is 6.42 Å². The standard InChI is InChI=1S/C3H4Te/c1-3-4-2/h1H,2H3. The number of hydrogen-bond acceptors (Lipinski definition) is 0. The summed E-state index contributed by atoms with van der Waals surface area (Å²) in [6.07, 6.45) is 4.84. The van der Waals surface area contributed by atoms with Gasteiger partial charge in [-0.15, -0.1) is 0 Å². The Morgan fingerprint density at radius 3 is 2.25 bits per heavy atom. The Balaban J connectivity index is 2.43. The van der Waals surface area contributed by atoms with E-state index in [-0.39, 0.29) is 20.9 Å². The monoisotopic (exact) mass is 170 g/mol. The predicted octanol–water partition coefficient (Wildman–Crippen LogP) is 0.329. The van der Waals surface area contributed by atoms with Crippen LogP contribution in [-0.4, -0.2) is 20.9 Å². The molecule has 0 fully saturated rings. The van der Waals surface area contributed by atoms with E-state index in [1.54, 1.807) is 0 Å². The second-order valence-electron chi connectivity index (χ2n) is 0.322. The third kappa shape index (κ3) is 2.35. The van der Waals surface area contributed by atoms with Gasteiger partial charge in [-0.1, -0.05) is 0 Å². The quantitative estimate of drug-likeness (QED) is 0.361. The van der Waals surface area contributed by atoms with Crippen molar-refractivity contribution in [1.29, 1.82) is 0 Å². The third-order valence-electron chi connectivity index (χ3n) is 0.118. The molecule has 0 radical (unpaired) electrons. The minimum atomic E-state index is 0.00944. The molecule has 0 saturated carbocycles. The summed E-state index contributed by atoms with van der Waals surface area (Å²) < 4.78 is 2.56. The van der Waals surface area contributed by atoms with Crippen LogP contribution < -0.4 is 0 Å². The van der Waals surface area contributed by atoms with Gasteiger partial charge in [0.25, 0.3) is 0 Å². The number of hydrogen-bond donors (Lipinski definition) is 0. The number of rotatable bonds is 0. The van der Waals surface area contributed by atoms with E-state index in [0.717, 1.165) is 0 Å². The molecule has 0 atom stereocenters. The van der Waals surface area contributed by atoms with Crippen LogP contribution in [0.5, 0.6) is 0 Å². The Kier molecular flexibility index (Phi) is 3.64. The zero-order valence-electron chi connectivity index (χ0n) is 2.49. The third-order valence-corrected chi connectivity index (χ3v) is 0.791. The van der Waals surface area contributed by atoms with Gasteiger partial charge in [0.15, 0.2) is 0 Å². The van der Waals surface area contributed by atoms with Crippen LogP contribution in [0.4, 0.5) is 0 Å². The average Bonchev–Trinajstić information content (AvgIpc) is 1.37. The van der Waals surface area contributed by atoms with Crippen molar-refractivity contribution in [1.82, 2.24) is 0 Å². The van der Waals surface area contributed by atoms with E-state index in [1.807, 2.05) is 0 Å². The summed E-state index contributed by atoms with van der Waals surface area (Å²) in [6, 6.07) is 0. The van der Waals surface area contributed by atoms with Crippen LogP contribution in [0.15, 0.2) is 0 Å². The SMILES string of the molecule is C#C[Te]C. The van der Waals surface area contributed by atoms with Crippen molar-refractivity contribution in [3.05, 3.63) is 0 Å². The molecule has 0 spiro atoms. The minimum absolute atomic E-state index is 0.00944. The molecule has 0 aromatic rings. The summed E-state index contributed by atoms with van der Waals surface area (Å²) in [5.41, 5.74) is 0. The Labute approximate surface area is 36.7 Å². The Hall–Kier alpha value is 0.350. The summed E-state index contributed by atoms with van der Waals surface area (Å²) in [5.74, 6) is 0. The average molecular weight is 168 g/mol. The van der Waals surface area contributed by atoms with Crippen LogP contribution in [0, 0.1) is 10.4 Å². The van der Waals surface area contributed by atoms with Gasteiger partial charge in [-0.2, -0.15) is 0 Å². The van der Waals surface area contributed by atoms with Crippen molar-refractivity contribution in [3.8, 4) is 10.4 Å². The van der Waals surface area contributed by atoms with E-state index in [1.165, 1.54) is 0 Å². The second-order valence-corrected chi connectivity index (χ2v) is 2.16. The van der Waals surface area contributed by atoms with Crippen LogP contribution in [0.2, 0.25) is 4.97 Å². The van der Waals surface area contributed by atoms with Gasteiger partial charge in [0.1, 0.15) is 0 Å². The molecule has 0 aliphatic heterocycles. The van der Waals surface area contributed by atoms with Crippen molar-refractivity contribution in [3.63, 3.8) is 0 Å². The fraction of sp³-hybridized carbons (Fsp3) is 0.333. The summed E-state index contributed by atoms with van der Waals surface area (Å²) >= 11 is 0.00944. The molecule has 0 heterocycles. The Bertz CT molecular complexity index is 33.0. The van der Waals surface area contributed by atoms with Gasteiger partial charge in [0, 0.05) is 0 Å². The molecule has 0 aliphatic carbocycles. The van der Waals surface area contributed by atoms with Gasteiger partial charge in [0.2, 0.25) is 0 Å². The molecule has 0 aliphatic rings. The van der Waals surface area contributed by atoms with Crippen LogP contribution in [0.3, 0.4) is 0 Å². The van der Waals surface area contributed by atoms with Gasteiger partial charge in [0.05, 0.1) is 0 Å². The summed E-state index contributed by atoms with van der Waals surface area (Å²) in [7, 11) is 0. The maximum absolute atomic E-state index is 4.84. The van der Waals surface area contributed by atoms with E-state index < -0.39 is 0 Å². The fourth-order valence-corrected chi connectivity index (χ4v) is 0. The molecule has 0 amide bonds. The van der Waals surface area contributed by atoms with Crippen molar-refractivity contribution in [2.45, 2.75) is 4.97 Å². The van der Waals surface area contributed by atoms with Gasteiger partial charge in [-0.05, 0) is 0 Å². The van der Waals surface area contributed by atoms with Gasteiger partial charge in [-0.25, -0.2) is 0 Å². The molecule has 4 heavy (non-hydrogen) atoms.